The summed E-state index contributed by atoms with van der Waals surface area (Å²) in [6.45, 7) is 6.50. The van der Waals surface area contributed by atoms with Gasteiger partial charge in [0.05, 0.1) is 5.54 Å². The van der Waals surface area contributed by atoms with Gasteiger partial charge in [0.1, 0.15) is 6.17 Å². The highest BCUT2D eigenvalue weighted by molar-refractivity contribution is 5.76. The molecule has 3 heteroatoms. The van der Waals surface area contributed by atoms with Gasteiger partial charge in [-0.25, -0.2) is 4.99 Å². The molecule has 2 rings (SSSR count). The van der Waals surface area contributed by atoms with Gasteiger partial charge < -0.3 is 4.84 Å². The van der Waals surface area contributed by atoms with Crippen LogP contribution < -0.4 is 0 Å². The normalized spacial score (nSPS) is 32.9. The lowest BCUT2D eigenvalue weighted by Crippen LogP contribution is -2.39. The first-order chi connectivity index (χ1) is 5.63. The van der Waals surface area contributed by atoms with E-state index < -0.39 is 0 Å². The quantitative estimate of drug-likeness (QED) is 0.597. The predicted molar refractivity (Wildman–Crippen MR) is 47.8 cm³/mol. The molecule has 1 fully saturated rings. The zero-order valence-electron chi connectivity index (χ0n) is 8.00. The molecule has 0 saturated carbocycles. The molecular formula is C9H16N2O. The van der Waals surface area contributed by atoms with Crippen LogP contribution >= 0.6 is 0 Å². The molecule has 0 aromatic heterocycles. The first kappa shape index (κ1) is 8.05. The first-order valence-electron chi connectivity index (χ1n) is 4.67. The third-order valence-electron chi connectivity index (χ3n) is 2.68. The average Bonchev–Trinajstić information content (AvgIpc) is 2.53. The van der Waals surface area contributed by atoms with Crippen molar-refractivity contribution in [3.63, 3.8) is 0 Å². The van der Waals surface area contributed by atoms with Gasteiger partial charge in [-0.05, 0) is 26.7 Å². The third kappa shape index (κ3) is 1.04. The average molecular weight is 168 g/mol. The van der Waals surface area contributed by atoms with Crippen molar-refractivity contribution in [1.29, 1.82) is 0 Å². The Morgan fingerprint density at radius 3 is 3.00 bits per heavy atom. The Morgan fingerprint density at radius 2 is 2.42 bits per heavy atom. The second-order valence-electron chi connectivity index (χ2n) is 4.13. The van der Waals surface area contributed by atoms with E-state index in [1.54, 1.807) is 0 Å². The minimum absolute atomic E-state index is 0.172. The van der Waals surface area contributed by atoms with Crippen LogP contribution in [0.2, 0.25) is 0 Å². The van der Waals surface area contributed by atoms with Crippen LogP contribution in [0.15, 0.2) is 4.99 Å². The van der Waals surface area contributed by atoms with Crippen molar-refractivity contribution < 1.29 is 4.84 Å². The Balaban J connectivity index is 2.14. The summed E-state index contributed by atoms with van der Waals surface area (Å²) in [7, 11) is 0. The Labute approximate surface area is 73.4 Å². The summed E-state index contributed by atoms with van der Waals surface area (Å²) in [5.41, 5.74) is 0.172. The van der Waals surface area contributed by atoms with Gasteiger partial charge >= 0.3 is 0 Å². The Kier molecular flexibility index (Phi) is 1.65. The van der Waals surface area contributed by atoms with Gasteiger partial charge in [-0.1, -0.05) is 6.92 Å². The number of hydrogen-bond donors (Lipinski definition) is 0. The fourth-order valence-corrected chi connectivity index (χ4v) is 1.87. The van der Waals surface area contributed by atoms with E-state index in [9.17, 15) is 0 Å². The fraction of sp³-hybridized carbons (Fsp3) is 0.889. The molecule has 68 valence electrons. The van der Waals surface area contributed by atoms with Gasteiger partial charge in [-0.3, -0.25) is 0 Å². The minimum Gasteiger partial charge on any atom is -0.388 e. The maximum absolute atomic E-state index is 5.63. The van der Waals surface area contributed by atoms with Crippen LogP contribution in [-0.2, 0) is 4.84 Å². The van der Waals surface area contributed by atoms with Gasteiger partial charge in [-0.2, -0.15) is 0 Å². The van der Waals surface area contributed by atoms with E-state index in [0.29, 0.717) is 6.17 Å². The number of hydrogen-bond acceptors (Lipinski definition) is 3. The highest BCUT2D eigenvalue weighted by Gasteiger charge is 2.45. The van der Waals surface area contributed by atoms with E-state index in [1.807, 2.05) is 5.06 Å². The predicted octanol–water partition coefficient (Wildman–Crippen LogP) is 1.94. The van der Waals surface area contributed by atoms with Crippen LogP contribution in [0.3, 0.4) is 0 Å². The van der Waals surface area contributed by atoms with Crippen LogP contribution in [0.4, 0.5) is 0 Å². The van der Waals surface area contributed by atoms with Gasteiger partial charge in [-0.15, -0.1) is 5.06 Å². The summed E-state index contributed by atoms with van der Waals surface area (Å²) < 4.78 is 0. The molecule has 0 aliphatic carbocycles. The lowest BCUT2D eigenvalue weighted by Gasteiger charge is -2.28. The summed E-state index contributed by atoms with van der Waals surface area (Å²) in [5, 5.41) is 2.05. The monoisotopic (exact) mass is 168 g/mol. The molecule has 0 bridgehead atoms. The number of aliphatic imine (C=N–C) groups is 1. The largest absolute Gasteiger partial charge is 0.388 e. The van der Waals surface area contributed by atoms with Crippen molar-refractivity contribution in [2.75, 3.05) is 0 Å². The molecule has 0 unspecified atom stereocenters. The van der Waals surface area contributed by atoms with E-state index in [4.69, 9.17) is 4.84 Å². The molecule has 1 saturated heterocycles. The molecule has 0 aromatic rings. The highest BCUT2D eigenvalue weighted by atomic mass is 16.7. The Bertz CT molecular complexity index is 223. The highest BCUT2D eigenvalue weighted by Crippen LogP contribution is 2.37. The molecule has 2 aliphatic rings. The summed E-state index contributed by atoms with van der Waals surface area (Å²) >= 11 is 0. The topological polar surface area (TPSA) is 24.8 Å². The number of rotatable bonds is 1. The number of fused-ring (bicyclic) bond motifs is 1. The molecule has 0 spiro atoms. The molecule has 1 atom stereocenters. The van der Waals surface area contributed by atoms with Crippen LogP contribution in [0.5, 0.6) is 0 Å². The summed E-state index contributed by atoms with van der Waals surface area (Å²) in [4.78, 5) is 10.1. The molecule has 2 aliphatic heterocycles. The van der Waals surface area contributed by atoms with E-state index in [-0.39, 0.29) is 5.54 Å². The molecule has 2 heterocycles. The summed E-state index contributed by atoms with van der Waals surface area (Å²) in [6.07, 6.45) is 3.52. The van der Waals surface area contributed by atoms with Crippen LogP contribution in [0.1, 0.15) is 40.0 Å². The maximum atomic E-state index is 5.63. The van der Waals surface area contributed by atoms with Crippen molar-refractivity contribution in [2.45, 2.75) is 51.7 Å². The van der Waals surface area contributed by atoms with Gasteiger partial charge in [0.25, 0.3) is 0 Å². The van der Waals surface area contributed by atoms with Crippen molar-refractivity contribution in [3.05, 3.63) is 0 Å². The maximum Gasteiger partial charge on any atom is 0.211 e. The Hall–Kier alpha value is -0.570. The molecule has 0 N–H and O–H groups in total. The zero-order chi connectivity index (χ0) is 8.77. The van der Waals surface area contributed by atoms with Gasteiger partial charge in [0.2, 0.25) is 5.90 Å². The number of hydroxylamine groups is 2. The third-order valence-corrected chi connectivity index (χ3v) is 2.68. The summed E-state index contributed by atoms with van der Waals surface area (Å²) in [6, 6.07) is 0. The lowest BCUT2D eigenvalue weighted by atomic mass is 10.0. The molecule has 3 nitrogen and oxygen atoms in total. The second-order valence-corrected chi connectivity index (χ2v) is 4.13. The molecule has 12 heavy (non-hydrogen) atoms. The minimum atomic E-state index is 0.172. The van der Waals surface area contributed by atoms with E-state index in [0.717, 1.165) is 18.7 Å². The lowest BCUT2D eigenvalue weighted by molar-refractivity contribution is -0.127. The van der Waals surface area contributed by atoms with Crippen molar-refractivity contribution in [1.82, 2.24) is 5.06 Å². The van der Waals surface area contributed by atoms with Crippen LogP contribution in [0, 0.1) is 0 Å². The standard InChI is InChI=1S/C9H16N2O/c1-4-8-10-7-5-6-9(2,3)11(7)12-8/h7H,4-6H2,1-3H3/t7-/m0/s1. The SMILES string of the molecule is CCC1=N[C@@H]2CCC(C)(C)N2O1. The van der Waals surface area contributed by atoms with E-state index in [1.165, 1.54) is 6.42 Å². The van der Waals surface area contributed by atoms with Gasteiger partial charge in [0, 0.05) is 6.42 Å². The molecule has 0 aromatic carbocycles. The molecule has 0 radical (unpaired) electrons. The fourth-order valence-electron chi connectivity index (χ4n) is 1.87. The van der Waals surface area contributed by atoms with Crippen LogP contribution in [-0.4, -0.2) is 22.7 Å². The van der Waals surface area contributed by atoms with Gasteiger partial charge in [0.15, 0.2) is 0 Å². The van der Waals surface area contributed by atoms with Crippen molar-refractivity contribution in [3.8, 4) is 0 Å². The van der Waals surface area contributed by atoms with E-state index in [2.05, 4.69) is 25.8 Å². The molecular weight excluding hydrogens is 152 g/mol. The Morgan fingerprint density at radius 1 is 1.67 bits per heavy atom. The zero-order valence-corrected chi connectivity index (χ0v) is 8.00. The molecule has 0 amide bonds. The van der Waals surface area contributed by atoms with Crippen molar-refractivity contribution >= 4 is 5.90 Å². The van der Waals surface area contributed by atoms with Crippen LogP contribution in [0.25, 0.3) is 0 Å². The van der Waals surface area contributed by atoms with Crippen molar-refractivity contribution in [2.24, 2.45) is 4.99 Å². The second kappa shape index (κ2) is 2.46. The summed E-state index contributed by atoms with van der Waals surface area (Å²) in [5.74, 6) is 0.896. The van der Waals surface area contributed by atoms with E-state index >= 15 is 0 Å². The smallest absolute Gasteiger partial charge is 0.211 e. The first-order valence-corrected chi connectivity index (χ1v) is 4.67. The number of nitrogens with zero attached hydrogens (tertiary/aromatic N) is 2.